The van der Waals surface area contributed by atoms with E-state index in [4.69, 9.17) is 9.84 Å². The summed E-state index contributed by atoms with van der Waals surface area (Å²) in [5.41, 5.74) is -0.477. The molecule has 0 spiro atoms. The third kappa shape index (κ3) is 8.46. The van der Waals surface area contributed by atoms with E-state index in [1.54, 1.807) is 0 Å². The van der Waals surface area contributed by atoms with Crippen molar-refractivity contribution in [3.63, 3.8) is 0 Å². The molecule has 2 aromatic rings. The van der Waals surface area contributed by atoms with Crippen molar-refractivity contribution in [2.75, 3.05) is 49.6 Å². The first kappa shape index (κ1) is 31.8. The second-order valence-electron chi connectivity index (χ2n) is 10.1. The maximum atomic E-state index is 14.0. The summed E-state index contributed by atoms with van der Waals surface area (Å²) in [5.74, 6) is -5.74. The number of nitrogens with one attached hydrogen (secondary N) is 1. The number of alkyl halides is 5. The second kappa shape index (κ2) is 13.0. The highest BCUT2D eigenvalue weighted by atomic mass is 19.4. The van der Waals surface area contributed by atoms with E-state index in [0.29, 0.717) is 18.5 Å². The Bertz CT molecular complexity index is 1340. The molecule has 0 radical (unpaired) electrons. The molecule has 0 bridgehead atoms. The number of aromatic nitrogens is 3. The number of hydrogen-bond acceptors (Lipinski definition) is 11. The zero-order valence-corrected chi connectivity index (χ0v) is 22.9. The first-order valence-electron chi connectivity index (χ1n) is 13.3. The first-order valence-corrected chi connectivity index (χ1v) is 13.3. The Kier molecular flexibility index (Phi) is 9.62. The van der Waals surface area contributed by atoms with Gasteiger partial charge in [0.2, 0.25) is 5.95 Å². The van der Waals surface area contributed by atoms with Gasteiger partial charge in [0.15, 0.2) is 12.7 Å². The molecule has 4 rings (SSSR count). The molecular formula is C26H29F5N6O6. The molecule has 4 heterocycles. The maximum Gasteiger partial charge on any atom is 0.416 e. The summed E-state index contributed by atoms with van der Waals surface area (Å²) in [7, 11) is 0. The number of pyridine rings is 1. The van der Waals surface area contributed by atoms with Gasteiger partial charge in [-0.1, -0.05) is 0 Å². The van der Waals surface area contributed by atoms with Gasteiger partial charge in [0.05, 0.1) is 17.8 Å². The third-order valence-electron chi connectivity index (χ3n) is 6.90. The number of amides is 1. The van der Waals surface area contributed by atoms with Crippen molar-refractivity contribution in [2.24, 2.45) is 0 Å². The monoisotopic (exact) mass is 616 g/mol. The summed E-state index contributed by atoms with van der Waals surface area (Å²) in [5, 5.41) is 11.4. The summed E-state index contributed by atoms with van der Waals surface area (Å²) in [6, 6.07) is 3.13. The molecule has 234 valence electrons. The number of halogens is 5. The number of hydrogen-bond donors (Lipinski definition) is 2. The lowest BCUT2D eigenvalue weighted by Gasteiger charge is -2.32. The Hall–Kier alpha value is -4.15. The van der Waals surface area contributed by atoms with Crippen molar-refractivity contribution in [2.45, 2.75) is 50.3 Å². The predicted octanol–water partition coefficient (Wildman–Crippen LogP) is 2.65. The Morgan fingerprint density at radius 2 is 1.86 bits per heavy atom. The molecule has 1 unspecified atom stereocenters. The molecule has 0 saturated carbocycles. The minimum Gasteiger partial charge on any atom is -0.453 e. The number of ether oxygens (including phenoxy) is 2. The molecule has 1 amide bonds. The lowest BCUT2D eigenvalue weighted by Crippen LogP contribution is -2.41. The highest BCUT2D eigenvalue weighted by Crippen LogP contribution is 2.34. The van der Waals surface area contributed by atoms with Crippen molar-refractivity contribution in [3.8, 4) is 0 Å². The minimum atomic E-state index is -4.60. The summed E-state index contributed by atoms with van der Waals surface area (Å²) in [4.78, 5) is 51.1. The van der Waals surface area contributed by atoms with Crippen molar-refractivity contribution in [3.05, 3.63) is 35.7 Å². The van der Waals surface area contributed by atoms with Gasteiger partial charge in [0.1, 0.15) is 18.2 Å². The van der Waals surface area contributed by atoms with Crippen LogP contribution in [0.2, 0.25) is 0 Å². The number of aliphatic hydroxyl groups excluding tert-OH is 1. The Balaban J connectivity index is 1.44. The number of piperidine rings is 1. The number of esters is 2. The van der Waals surface area contributed by atoms with E-state index in [1.165, 1.54) is 22.8 Å². The fourth-order valence-electron chi connectivity index (χ4n) is 4.63. The molecule has 2 fully saturated rings. The number of rotatable bonds is 9. The number of nitrogens with zero attached hydrogens (tertiary/aromatic N) is 5. The van der Waals surface area contributed by atoms with Crippen LogP contribution in [0.3, 0.4) is 0 Å². The molecule has 2 aliphatic rings. The van der Waals surface area contributed by atoms with Crippen LogP contribution in [0.5, 0.6) is 0 Å². The van der Waals surface area contributed by atoms with Crippen molar-refractivity contribution in [1.29, 1.82) is 0 Å². The van der Waals surface area contributed by atoms with E-state index in [1.807, 2.05) is 0 Å². The van der Waals surface area contributed by atoms with E-state index in [0.717, 1.165) is 18.3 Å². The maximum absolute atomic E-state index is 14.0. The minimum absolute atomic E-state index is 0.00872. The normalized spacial score (nSPS) is 17.8. The summed E-state index contributed by atoms with van der Waals surface area (Å²) >= 11 is 0. The molecule has 2 N–H and O–H groups in total. The van der Waals surface area contributed by atoms with Gasteiger partial charge >= 0.3 is 18.1 Å². The quantitative estimate of drug-likeness (QED) is 0.317. The van der Waals surface area contributed by atoms with E-state index < -0.39 is 67.8 Å². The SMILES string of the molecule is CC(OC(=O)CO)C(=O)OCC(=O)N1CCC(c2cc(Nc3cc(C(F)(F)F)ccn3)nc(N3CCC(F)(F)C3)n2)CC1. The van der Waals surface area contributed by atoms with Crippen LogP contribution in [0.4, 0.5) is 39.5 Å². The van der Waals surface area contributed by atoms with Crippen molar-refractivity contribution in [1.82, 2.24) is 19.9 Å². The molecule has 2 aromatic heterocycles. The van der Waals surface area contributed by atoms with Gasteiger partial charge in [0, 0.05) is 44.2 Å². The number of aliphatic hydroxyl groups is 1. The smallest absolute Gasteiger partial charge is 0.416 e. The van der Waals surface area contributed by atoms with Crippen LogP contribution in [0.25, 0.3) is 0 Å². The zero-order chi connectivity index (χ0) is 31.4. The number of likely N-dealkylation sites (tertiary alicyclic amines) is 1. The molecule has 0 aliphatic carbocycles. The average Bonchev–Trinajstić information content (AvgIpc) is 3.34. The number of anilines is 3. The Morgan fingerprint density at radius 1 is 1.14 bits per heavy atom. The van der Waals surface area contributed by atoms with Crippen LogP contribution in [-0.2, 0) is 30.0 Å². The predicted molar refractivity (Wildman–Crippen MR) is 138 cm³/mol. The molecule has 17 heteroatoms. The Morgan fingerprint density at radius 3 is 2.49 bits per heavy atom. The van der Waals surface area contributed by atoms with Gasteiger partial charge in [0.25, 0.3) is 11.8 Å². The first-order chi connectivity index (χ1) is 20.2. The second-order valence-corrected chi connectivity index (χ2v) is 10.1. The van der Waals surface area contributed by atoms with E-state index in [9.17, 15) is 36.3 Å². The topological polar surface area (TPSA) is 147 Å². The van der Waals surface area contributed by atoms with Crippen LogP contribution >= 0.6 is 0 Å². The Labute approximate surface area is 242 Å². The van der Waals surface area contributed by atoms with Gasteiger partial charge < -0.3 is 29.7 Å². The highest BCUT2D eigenvalue weighted by molar-refractivity contribution is 5.83. The van der Waals surface area contributed by atoms with Crippen LogP contribution in [-0.4, -0.2) is 94.2 Å². The van der Waals surface area contributed by atoms with Crippen LogP contribution in [0, 0.1) is 0 Å². The third-order valence-corrected chi connectivity index (χ3v) is 6.90. The summed E-state index contributed by atoms with van der Waals surface area (Å²) in [6.07, 6.45) is -4.52. The molecule has 0 aromatic carbocycles. The van der Waals surface area contributed by atoms with Crippen molar-refractivity contribution >= 4 is 35.4 Å². The highest BCUT2D eigenvalue weighted by Gasteiger charge is 2.40. The van der Waals surface area contributed by atoms with E-state index >= 15 is 0 Å². The fourth-order valence-corrected chi connectivity index (χ4v) is 4.63. The van der Waals surface area contributed by atoms with Crippen LogP contribution in [0.1, 0.15) is 43.4 Å². The molecule has 43 heavy (non-hydrogen) atoms. The van der Waals surface area contributed by atoms with Gasteiger partial charge in [-0.05, 0) is 31.9 Å². The van der Waals surface area contributed by atoms with E-state index in [2.05, 4.69) is 25.0 Å². The van der Waals surface area contributed by atoms with Gasteiger partial charge in [-0.3, -0.25) is 4.79 Å². The molecule has 1 atom stereocenters. The van der Waals surface area contributed by atoms with Crippen molar-refractivity contribution < 1.29 is 50.9 Å². The number of carbonyl (C=O) groups excluding carboxylic acids is 3. The molecule has 2 saturated heterocycles. The number of carbonyl (C=O) groups is 3. The van der Waals surface area contributed by atoms with Crippen LogP contribution in [0.15, 0.2) is 24.4 Å². The molecule has 2 aliphatic heterocycles. The average molecular weight is 617 g/mol. The molecular weight excluding hydrogens is 587 g/mol. The van der Waals surface area contributed by atoms with Gasteiger partial charge in [-0.25, -0.2) is 28.3 Å². The lowest BCUT2D eigenvalue weighted by atomic mass is 9.93. The fraction of sp³-hybridized carbons (Fsp3) is 0.538. The van der Waals surface area contributed by atoms with E-state index in [-0.39, 0.29) is 43.1 Å². The largest absolute Gasteiger partial charge is 0.453 e. The zero-order valence-electron chi connectivity index (χ0n) is 22.9. The standard InChI is InChI=1S/C26H29F5N6O6/c1-15(43-22(40)12-38)23(41)42-13-21(39)36-7-3-16(4-8-36)18-11-20(34-19-10-17(2-6-32-19)26(29,30)31)35-24(33-18)37-9-5-25(27,28)14-37/h2,6,10-11,15-16,38H,3-5,7-9,12-14H2,1H3,(H,32,33,34,35). The molecule has 12 nitrogen and oxygen atoms in total. The summed E-state index contributed by atoms with van der Waals surface area (Å²) < 4.78 is 77.0. The van der Waals surface area contributed by atoms with Crippen LogP contribution < -0.4 is 10.2 Å². The van der Waals surface area contributed by atoms with Gasteiger partial charge in [-0.15, -0.1) is 0 Å². The van der Waals surface area contributed by atoms with Gasteiger partial charge in [-0.2, -0.15) is 18.2 Å². The summed E-state index contributed by atoms with van der Waals surface area (Å²) in [6.45, 7) is -0.406. The lowest BCUT2D eigenvalue weighted by molar-refractivity contribution is -0.170.